The fraction of sp³-hybridized carbons (Fsp3) is 0.338. The second-order valence-corrected chi connectivity index (χ2v) is 20.5. The van der Waals surface area contributed by atoms with Crippen LogP contribution in [0.1, 0.15) is 82.4 Å². The number of ether oxygens (including phenoxy) is 8. The number of aryl methyl sites for hydroxylation is 3. The first kappa shape index (κ1) is 58.4. The minimum Gasteiger partial charge on any atom is -0.374 e. The van der Waals surface area contributed by atoms with Gasteiger partial charge in [0, 0.05) is 23.2 Å². The first-order valence-electron chi connectivity index (χ1n) is 28.4. The van der Waals surface area contributed by atoms with Crippen LogP contribution >= 0.6 is 0 Å². The van der Waals surface area contributed by atoms with Crippen LogP contribution in [-0.4, -0.2) is 65.8 Å². The van der Waals surface area contributed by atoms with Gasteiger partial charge in [-0.05, 0) is 69.3 Å². The van der Waals surface area contributed by atoms with Crippen LogP contribution in [0, 0.1) is 0 Å². The van der Waals surface area contributed by atoms with Crippen LogP contribution in [0.2, 0.25) is 0 Å². The maximum atomic E-state index is 10.5. The summed E-state index contributed by atoms with van der Waals surface area (Å²) in [6.45, 7) is 4.37. The topological polar surface area (TPSA) is 140 Å². The maximum absolute atomic E-state index is 10.5. The Labute approximate surface area is 477 Å². The van der Waals surface area contributed by atoms with E-state index < -0.39 is 49.0 Å². The van der Waals surface area contributed by atoms with Crippen molar-refractivity contribution in [3.63, 3.8) is 0 Å². The van der Waals surface area contributed by atoms with Crippen LogP contribution in [-0.2, 0) is 96.9 Å². The van der Waals surface area contributed by atoms with Crippen LogP contribution in [0.15, 0.2) is 224 Å². The van der Waals surface area contributed by atoms with Gasteiger partial charge >= 0.3 is 0 Å². The Morgan fingerprint density at radius 2 is 0.988 bits per heavy atom. The van der Waals surface area contributed by atoms with Gasteiger partial charge in [0.05, 0.1) is 71.2 Å². The summed E-state index contributed by atoms with van der Waals surface area (Å²) in [5, 5.41) is 9.34. The van der Waals surface area contributed by atoms with Crippen molar-refractivity contribution >= 4 is 0 Å². The largest absolute Gasteiger partial charge is 0.374 e. The molecule has 8 aromatic rings. The lowest BCUT2D eigenvalue weighted by Gasteiger charge is -2.46. The lowest BCUT2D eigenvalue weighted by molar-refractivity contribution is -0.329. The Balaban J connectivity index is 1.04. The lowest BCUT2D eigenvalue weighted by Crippen LogP contribution is -2.62. The Bertz CT molecular complexity index is 3030. The Hall–Kier alpha value is -7.26. The molecule has 0 radical (unpaired) electrons. The summed E-state index contributed by atoms with van der Waals surface area (Å²) in [5.41, 5.74) is 19.7. The number of rotatable bonds is 33. The van der Waals surface area contributed by atoms with Crippen molar-refractivity contribution in [2.75, 3.05) is 13.2 Å². The molecule has 1 saturated heterocycles. The third kappa shape index (κ3) is 18.4. The van der Waals surface area contributed by atoms with Gasteiger partial charge in [-0.15, -0.1) is 0 Å². The number of unbranched alkanes of at least 4 members (excludes halogenated alkanes) is 2. The highest BCUT2D eigenvalue weighted by atomic mass is 16.7. The van der Waals surface area contributed by atoms with Crippen molar-refractivity contribution in [2.45, 2.75) is 134 Å². The number of hydrogen-bond donors (Lipinski definition) is 0. The highest BCUT2D eigenvalue weighted by Crippen LogP contribution is 2.34. The summed E-state index contributed by atoms with van der Waals surface area (Å²) in [6, 6.07) is 67.9. The molecule has 9 rings (SSSR count). The summed E-state index contributed by atoms with van der Waals surface area (Å²) in [5.74, 6) is 0. The molecule has 81 heavy (non-hydrogen) atoms. The van der Waals surface area contributed by atoms with Crippen molar-refractivity contribution in [1.82, 2.24) is 9.78 Å². The molecule has 420 valence electrons. The van der Waals surface area contributed by atoms with Crippen LogP contribution in [0.5, 0.6) is 0 Å². The molecule has 1 fully saturated rings. The summed E-state index contributed by atoms with van der Waals surface area (Å²) < 4.78 is 57.4. The third-order valence-corrected chi connectivity index (χ3v) is 14.4. The van der Waals surface area contributed by atoms with Crippen molar-refractivity contribution in [2.24, 2.45) is 5.11 Å². The SMILES string of the molecule is CCCCCc1ccc(CCn2cc([C@@H](OCc3ccccc3)[C@@H](OCc3ccccc3)[C@H](CO[C@H]3O[C@H](COCc4ccccc4)[C@H](OCc4ccccc4)[C@H](OCc4ccccc4)[C@H]3OCc3ccccc3)N=[N+]=[N-])cn2)cc1. The minimum atomic E-state index is -1.08. The van der Waals surface area contributed by atoms with E-state index in [0.717, 1.165) is 51.8 Å². The molecule has 0 amide bonds. The second-order valence-electron chi connectivity index (χ2n) is 20.5. The molecular formula is C68H75N5O8. The molecule has 2 heterocycles. The van der Waals surface area contributed by atoms with Crippen LogP contribution in [0.25, 0.3) is 10.4 Å². The average Bonchev–Trinajstić information content (AvgIpc) is 4.00. The third-order valence-electron chi connectivity index (χ3n) is 14.4. The fourth-order valence-corrected chi connectivity index (χ4v) is 9.99. The molecule has 13 heteroatoms. The zero-order valence-electron chi connectivity index (χ0n) is 46.3. The van der Waals surface area contributed by atoms with Gasteiger partial charge in [0.15, 0.2) is 6.29 Å². The number of hydrogen-bond acceptors (Lipinski definition) is 10. The zero-order chi connectivity index (χ0) is 55.5. The number of azide groups is 1. The molecule has 0 spiro atoms. The predicted octanol–water partition coefficient (Wildman–Crippen LogP) is 14.1. The van der Waals surface area contributed by atoms with Gasteiger partial charge in [-0.3, -0.25) is 4.68 Å². The monoisotopic (exact) mass is 1090 g/mol. The Morgan fingerprint density at radius 1 is 0.519 bits per heavy atom. The Kier molecular flexibility index (Phi) is 23.3. The van der Waals surface area contributed by atoms with Crippen molar-refractivity contribution in [3.8, 4) is 0 Å². The van der Waals surface area contributed by atoms with E-state index in [1.807, 2.05) is 199 Å². The van der Waals surface area contributed by atoms with E-state index in [4.69, 9.17) is 43.0 Å². The molecule has 1 aromatic heterocycles. The number of nitrogens with zero attached hydrogens (tertiary/aromatic N) is 5. The van der Waals surface area contributed by atoms with E-state index in [9.17, 15) is 5.53 Å². The molecule has 1 aliphatic heterocycles. The van der Waals surface area contributed by atoms with Crippen molar-refractivity contribution < 1.29 is 37.9 Å². The number of benzene rings is 7. The maximum Gasteiger partial charge on any atom is 0.186 e. The van der Waals surface area contributed by atoms with E-state index >= 15 is 0 Å². The molecular weight excluding hydrogens is 1010 g/mol. The van der Waals surface area contributed by atoms with Gasteiger partial charge in [-0.1, -0.05) is 231 Å². The van der Waals surface area contributed by atoms with Gasteiger partial charge in [-0.25, -0.2) is 0 Å². The second kappa shape index (κ2) is 32.3. The molecule has 0 bridgehead atoms. The Morgan fingerprint density at radius 3 is 1.51 bits per heavy atom. The predicted molar refractivity (Wildman–Crippen MR) is 313 cm³/mol. The zero-order valence-corrected chi connectivity index (χ0v) is 46.3. The van der Waals surface area contributed by atoms with Gasteiger partial charge < -0.3 is 37.9 Å². The van der Waals surface area contributed by atoms with Gasteiger partial charge in [0.1, 0.15) is 30.5 Å². The first-order chi connectivity index (χ1) is 40.1. The lowest BCUT2D eigenvalue weighted by atomic mass is 9.97. The van der Waals surface area contributed by atoms with Crippen LogP contribution < -0.4 is 0 Å². The fourth-order valence-electron chi connectivity index (χ4n) is 9.99. The van der Waals surface area contributed by atoms with Gasteiger partial charge in [0.2, 0.25) is 0 Å². The average molecular weight is 1090 g/mol. The quantitative estimate of drug-likeness (QED) is 0.0170. The molecule has 0 N–H and O–H groups in total. The van der Waals surface area contributed by atoms with E-state index in [1.54, 1.807) is 0 Å². The van der Waals surface area contributed by atoms with Crippen molar-refractivity contribution in [1.29, 1.82) is 0 Å². The molecule has 0 unspecified atom stereocenters. The van der Waals surface area contributed by atoms with Gasteiger partial charge in [0.25, 0.3) is 0 Å². The standard InChI is InChI=1S/C68H75N5O8/c1-2-3-10-23-52-36-38-53(39-37-52)40-41-73-43-60(42-70-73)63(75-45-55-26-13-5-14-27-55)64(76-46-56-28-15-6-16-29-56)61(71-72-69)50-80-68-67(79-49-59-34-21-9-22-35-59)66(78-48-58-32-19-8-20-33-58)65(77-47-57-30-17-7-18-31-57)62(81-68)51-74-44-54-24-11-4-12-25-54/h4-9,11-22,24-39,42-43,61-68H,2-3,10,23,40-41,44-51H2,1H3/t61-,62+,63+,64-,65-,66-,67+,68-/m0/s1. The molecule has 1 aliphatic rings. The summed E-state index contributed by atoms with van der Waals surface area (Å²) in [6.07, 6.45) is 3.56. The summed E-state index contributed by atoms with van der Waals surface area (Å²) in [4.78, 5) is 3.44. The van der Waals surface area contributed by atoms with E-state index in [1.165, 1.54) is 30.4 Å². The minimum absolute atomic E-state index is 0.136. The van der Waals surface area contributed by atoms with E-state index in [-0.39, 0.29) is 46.2 Å². The van der Waals surface area contributed by atoms with Crippen molar-refractivity contribution in [3.05, 3.63) is 279 Å². The molecule has 0 aliphatic carbocycles. The first-order valence-corrected chi connectivity index (χ1v) is 28.4. The molecule has 7 aromatic carbocycles. The highest BCUT2D eigenvalue weighted by Gasteiger charge is 2.50. The normalized spacial score (nSPS) is 18.2. The molecule has 8 atom stereocenters. The molecule has 13 nitrogen and oxygen atoms in total. The van der Waals surface area contributed by atoms with Crippen LogP contribution in [0.4, 0.5) is 0 Å². The molecule has 0 saturated carbocycles. The van der Waals surface area contributed by atoms with E-state index in [2.05, 4.69) is 41.2 Å². The van der Waals surface area contributed by atoms with Gasteiger partial charge in [-0.2, -0.15) is 5.10 Å². The summed E-state index contributed by atoms with van der Waals surface area (Å²) in [7, 11) is 0. The van der Waals surface area contributed by atoms with E-state index in [0.29, 0.717) is 13.2 Å². The highest BCUT2D eigenvalue weighted by molar-refractivity contribution is 5.24. The van der Waals surface area contributed by atoms with Crippen LogP contribution in [0.3, 0.4) is 0 Å². The smallest absolute Gasteiger partial charge is 0.186 e. The summed E-state index contributed by atoms with van der Waals surface area (Å²) >= 11 is 0. The number of aromatic nitrogens is 2.